The molecule has 0 radical (unpaired) electrons. The SMILES string of the molecule is Cc1nn(C(C)(C)C)cc1C(=O)Nc1c[nH]cc(Br)c1=O. The second-order valence-corrected chi connectivity index (χ2v) is 6.60. The van der Waals surface area contributed by atoms with Gasteiger partial charge in [-0.15, -0.1) is 0 Å². The first-order valence-corrected chi connectivity index (χ1v) is 7.24. The quantitative estimate of drug-likeness (QED) is 0.871. The van der Waals surface area contributed by atoms with E-state index in [2.05, 4.69) is 31.3 Å². The van der Waals surface area contributed by atoms with E-state index in [0.717, 1.165) is 0 Å². The van der Waals surface area contributed by atoms with Gasteiger partial charge in [-0.3, -0.25) is 14.3 Å². The number of aryl methyl sites for hydroxylation is 1. The summed E-state index contributed by atoms with van der Waals surface area (Å²) in [6.45, 7) is 7.77. The maximum Gasteiger partial charge on any atom is 0.259 e. The highest BCUT2D eigenvalue weighted by Gasteiger charge is 2.20. The van der Waals surface area contributed by atoms with Gasteiger partial charge in [0.15, 0.2) is 0 Å². The number of carbonyl (C=O) groups is 1. The van der Waals surface area contributed by atoms with E-state index < -0.39 is 0 Å². The molecule has 0 aliphatic rings. The van der Waals surface area contributed by atoms with Crippen LogP contribution in [0.1, 0.15) is 36.8 Å². The Bertz CT molecular complexity index is 740. The molecule has 2 rings (SSSR count). The summed E-state index contributed by atoms with van der Waals surface area (Å²) in [5, 5.41) is 6.95. The maximum absolute atomic E-state index is 12.3. The topological polar surface area (TPSA) is 79.8 Å². The molecule has 0 unspecified atom stereocenters. The summed E-state index contributed by atoms with van der Waals surface area (Å²) in [6.07, 6.45) is 4.66. The van der Waals surface area contributed by atoms with Gasteiger partial charge in [0.25, 0.3) is 5.91 Å². The fourth-order valence-corrected chi connectivity index (χ4v) is 2.11. The number of pyridine rings is 1. The molecule has 0 aromatic carbocycles. The second-order valence-electron chi connectivity index (χ2n) is 5.74. The molecule has 0 saturated heterocycles. The predicted molar refractivity (Wildman–Crippen MR) is 84.7 cm³/mol. The molecular weight excluding hydrogens is 336 g/mol. The van der Waals surface area contributed by atoms with Crippen LogP contribution in [0.15, 0.2) is 27.9 Å². The third kappa shape index (κ3) is 3.24. The molecular formula is C14H17BrN4O2. The van der Waals surface area contributed by atoms with E-state index in [1.54, 1.807) is 17.8 Å². The summed E-state index contributed by atoms with van der Waals surface area (Å²) in [6, 6.07) is 0. The molecule has 2 N–H and O–H groups in total. The monoisotopic (exact) mass is 352 g/mol. The molecule has 0 spiro atoms. The Morgan fingerprint density at radius 1 is 1.38 bits per heavy atom. The smallest absolute Gasteiger partial charge is 0.259 e. The van der Waals surface area contributed by atoms with Crippen LogP contribution in [0.5, 0.6) is 0 Å². The van der Waals surface area contributed by atoms with E-state index in [0.29, 0.717) is 15.7 Å². The van der Waals surface area contributed by atoms with Crippen molar-refractivity contribution in [3.63, 3.8) is 0 Å². The van der Waals surface area contributed by atoms with Crippen LogP contribution in [0.3, 0.4) is 0 Å². The van der Waals surface area contributed by atoms with Crippen LogP contribution in [0.4, 0.5) is 5.69 Å². The molecule has 7 heteroatoms. The number of amides is 1. The standard InChI is InChI=1S/C14H17BrN4O2/c1-8-9(7-19(18-8)14(2,3)4)13(21)17-11-6-16-5-10(15)12(11)20/h5-7H,1-4H3,(H,16,20)(H,17,21). The van der Waals surface area contributed by atoms with Gasteiger partial charge in [-0.1, -0.05) is 0 Å². The van der Waals surface area contributed by atoms with Gasteiger partial charge < -0.3 is 10.3 Å². The first-order chi connectivity index (χ1) is 9.70. The molecule has 0 aliphatic carbocycles. The van der Waals surface area contributed by atoms with Crippen molar-refractivity contribution in [2.45, 2.75) is 33.2 Å². The zero-order valence-corrected chi connectivity index (χ0v) is 13.9. The normalized spacial score (nSPS) is 11.5. The van der Waals surface area contributed by atoms with Crippen molar-refractivity contribution in [2.75, 3.05) is 5.32 Å². The van der Waals surface area contributed by atoms with Gasteiger partial charge in [-0.2, -0.15) is 5.10 Å². The zero-order valence-electron chi connectivity index (χ0n) is 12.3. The van der Waals surface area contributed by atoms with Crippen LogP contribution in [-0.4, -0.2) is 20.7 Å². The van der Waals surface area contributed by atoms with Crippen molar-refractivity contribution >= 4 is 27.5 Å². The molecule has 6 nitrogen and oxygen atoms in total. The Kier molecular flexibility index (Phi) is 4.04. The van der Waals surface area contributed by atoms with E-state index >= 15 is 0 Å². The number of rotatable bonds is 2. The first-order valence-electron chi connectivity index (χ1n) is 6.45. The summed E-state index contributed by atoms with van der Waals surface area (Å²) in [5.74, 6) is -0.355. The van der Waals surface area contributed by atoms with E-state index in [1.807, 2.05) is 20.8 Å². The Morgan fingerprint density at radius 3 is 2.62 bits per heavy atom. The highest BCUT2D eigenvalue weighted by atomic mass is 79.9. The summed E-state index contributed by atoms with van der Waals surface area (Å²) >= 11 is 3.13. The van der Waals surface area contributed by atoms with E-state index in [1.165, 1.54) is 12.4 Å². The Labute approximate surface area is 130 Å². The molecule has 0 aliphatic heterocycles. The van der Waals surface area contributed by atoms with Crippen molar-refractivity contribution in [2.24, 2.45) is 0 Å². The lowest BCUT2D eigenvalue weighted by Crippen LogP contribution is -2.22. The summed E-state index contributed by atoms with van der Waals surface area (Å²) in [5.41, 5.74) is 0.773. The van der Waals surface area contributed by atoms with Crippen molar-refractivity contribution in [3.05, 3.63) is 44.5 Å². The lowest BCUT2D eigenvalue weighted by Gasteiger charge is -2.18. The number of aromatic nitrogens is 3. The number of nitrogens with zero attached hydrogens (tertiary/aromatic N) is 2. The Hall–Kier alpha value is -1.89. The number of nitrogens with one attached hydrogen (secondary N) is 2. The molecule has 2 aromatic rings. The van der Waals surface area contributed by atoms with Crippen LogP contribution in [-0.2, 0) is 5.54 Å². The zero-order chi connectivity index (χ0) is 15.8. The molecule has 112 valence electrons. The number of anilines is 1. The van der Waals surface area contributed by atoms with E-state index in [4.69, 9.17) is 0 Å². The molecule has 1 amide bonds. The van der Waals surface area contributed by atoms with Crippen LogP contribution < -0.4 is 10.7 Å². The van der Waals surface area contributed by atoms with Gasteiger partial charge in [0, 0.05) is 18.6 Å². The van der Waals surface area contributed by atoms with E-state index in [-0.39, 0.29) is 22.6 Å². The molecule has 2 heterocycles. The minimum absolute atomic E-state index is 0.192. The van der Waals surface area contributed by atoms with Crippen molar-refractivity contribution in [3.8, 4) is 0 Å². The fourth-order valence-electron chi connectivity index (χ4n) is 1.77. The molecule has 0 bridgehead atoms. The van der Waals surface area contributed by atoms with Crippen LogP contribution >= 0.6 is 15.9 Å². The lowest BCUT2D eigenvalue weighted by molar-refractivity contribution is 0.102. The molecule has 0 atom stereocenters. The third-order valence-corrected chi connectivity index (χ3v) is 3.57. The summed E-state index contributed by atoms with van der Waals surface area (Å²) in [4.78, 5) is 27.0. The maximum atomic E-state index is 12.3. The van der Waals surface area contributed by atoms with E-state index in [9.17, 15) is 9.59 Å². The molecule has 2 aromatic heterocycles. The molecule has 21 heavy (non-hydrogen) atoms. The molecule has 0 fully saturated rings. The largest absolute Gasteiger partial charge is 0.365 e. The van der Waals surface area contributed by atoms with Gasteiger partial charge in [-0.05, 0) is 43.6 Å². The van der Waals surface area contributed by atoms with Crippen LogP contribution in [0.2, 0.25) is 0 Å². The van der Waals surface area contributed by atoms with Gasteiger partial charge in [0.2, 0.25) is 5.43 Å². The number of aromatic amines is 1. The van der Waals surface area contributed by atoms with Crippen LogP contribution in [0, 0.1) is 6.92 Å². The number of H-pyrrole nitrogens is 1. The number of hydrogen-bond donors (Lipinski definition) is 2. The van der Waals surface area contributed by atoms with Crippen LogP contribution in [0.25, 0.3) is 0 Å². The van der Waals surface area contributed by atoms with Crippen molar-refractivity contribution in [1.82, 2.24) is 14.8 Å². The Morgan fingerprint density at radius 2 is 2.05 bits per heavy atom. The minimum atomic E-state index is -0.355. The number of halogens is 1. The minimum Gasteiger partial charge on any atom is -0.365 e. The number of hydrogen-bond acceptors (Lipinski definition) is 3. The lowest BCUT2D eigenvalue weighted by atomic mass is 10.1. The predicted octanol–water partition coefficient (Wildman–Crippen LogP) is 2.65. The van der Waals surface area contributed by atoms with Gasteiger partial charge >= 0.3 is 0 Å². The van der Waals surface area contributed by atoms with Crippen molar-refractivity contribution < 1.29 is 4.79 Å². The highest BCUT2D eigenvalue weighted by molar-refractivity contribution is 9.10. The third-order valence-electron chi connectivity index (χ3n) is 2.98. The highest BCUT2D eigenvalue weighted by Crippen LogP contribution is 2.17. The Balaban J connectivity index is 2.31. The first kappa shape index (κ1) is 15.5. The second kappa shape index (κ2) is 5.48. The number of carbonyl (C=O) groups excluding carboxylic acids is 1. The average Bonchev–Trinajstić information content (AvgIpc) is 2.77. The fraction of sp³-hybridized carbons (Fsp3) is 0.357. The summed E-state index contributed by atoms with van der Waals surface area (Å²) < 4.78 is 2.10. The van der Waals surface area contributed by atoms with Gasteiger partial charge in [-0.25, -0.2) is 0 Å². The van der Waals surface area contributed by atoms with Crippen molar-refractivity contribution in [1.29, 1.82) is 0 Å². The summed E-state index contributed by atoms with van der Waals surface area (Å²) in [7, 11) is 0. The van der Waals surface area contributed by atoms with Gasteiger partial charge in [0.1, 0.15) is 5.69 Å². The molecule has 0 saturated carbocycles. The van der Waals surface area contributed by atoms with Gasteiger partial charge in [0.05, 0.1) is 21.3 Å². The average molecular weight is 353 g/mol.